The topological polar surface area (TPSA) is 116 Å². The van der Waals surface area contributed by atoms with E-state index in [0.29, 0.717) is 12.1 Å². The van der Waals surface area contributed by atoms with Crippen LogP contribution in [0.4, 0.5) is 0 Å². The molecule has 7 nitrogen and oxygen atoms in total. The van der Waals surface area contributed by atoms with E-state index >= 15 is 0 Å². The Bertz CT molecular complexity index is 911. The van der Waals surface area contributed by atoms with E-state index in [0.717, 1.165) is 18.9 Å². The highest BCUT2D eigenvalue weighted by Crippen LogP contribution is 2.16. The molecule has 0 aliphatic heterocycles. The van der Waals surface area contributed by atoms with Gasteiger partial charge in [0.25, 0.3) is 5.91 Å². The Morgan fingerprint density at radius 3 is 2.48 bits per heavy atom. The zero-order valence-electron chi connectivity index (χ0n) is 15.0. The number of nitrogens with two attached hydrogens (primary N) is 1. The van der Waals surface area contributed by atoms with Crippen molar-refractivity contribution in [3.05, 3.63) is 65.2 Å². The predicted octanol–water partition coefficient (Wildman–Crippen LogP) is 1.55. The molecule has 0 saturated carbocycles. The number of hydrogen-bond acceptors (Lipinski definition) is 5. The van der Waals surface area contributed by atoms with Crippen LogP contribution in [0.15, 0.2) is 53.4 Å². The third-order valence-electron chi connectivity index (χ3n) is 3.87. The number of aryl methyl sites for hydroxylation is 2. The maximum absolute atomic E-state index is 12.0. The molecule has 0 atom stereocenters. The van der Waals surface area contributed by atoms with Crippen LogP contribution in [-0.4, -0.2) is 33.4 Å². The molecule has 0 spiro atoms. The number of primary sulfonamides is 1. The molecule has 2 rings (SSSR count). The van der Waals surface area contributed by atoms with Gasteiger partial charge in [0.05, 0.1) is 10.5 Å². The Morgan fingerprint density at radius 1 is 1.11 bits per heavy atom. The predicted molar refractivity (Wildman–Crippen MR) is 101 cm³/mol. The molecule has 27 heavy (non-hydrogen) atoms. The molecular formula is C19H22N2O5S. The van der Waals surface area contributed by atoms with Crippen LogP contribution in [-0.2, 0) is 26.0 Å². The average molecular weight is 390 g/mol. The van der Waals surface area contributed by atoms with E-state index < -0.39 is 28.5 Å². The first-order chi connectivity index (χ1) is 12.8. The lowest BCUT2D eigenvalue weighted by Gasteiger charge is -2.08. The monoisotopic (exact) mass is 390 g/mol. The van der Waals surface area contributed by atoms with Gasteiger partial charge in [-0.25, -0.2) is 18.4 Å². The van der Waals surface area contributed by atoms with Crippen molar-refractivity contribution in [2.24, 2.45) is 5.14 Å². The molecule has 0 bridgehead atoms. The molecule has 0 heterocycles. The molecule has 0 aliphatic rings. The zero-order valence-corrected chi connectivity index (χ0v) is 15.8. The van der Waals surface area contributed by atoms with Gasteiger partial charge in [0.15, 0.2) is 6.61 Å². The molecule has 0 unspecified atom stereocenters. The summed E-state index contributed by atoms with van der Waals surface area (Å²) in [4.78, 5) is 23.6. The first-order valence-electron chi connectivity index (χ1n) is 8.38. The summed E-state index contributed by atoms with van der Waals surface area (Å²) in [7, 11) is -3.95. The largest absolute Gasteiger partial charge is 0.452 e. The highest BCUT2D eigenvalue weighted by Gasteiger charge is 2.16. The summed E-state index contributed by atoms with van der Waals surface area (Å²) < 4.78 is 27.9. The minimum absolute atomic E-state index is 0.0153. The van der Waals surface area contributed by atoms with Gasteiger partial charge < -0.3 is 10.1 Å². The first-order valence-corrected chi connectivity index (χ1v) is 9.93. The highest BCUT2D eigenvalue weighted by atomic mass is 32.2. The lowest BCUT2D eigenvalue weighted by atomic mass is 10.1. The van der Waals surface area contributed by atoms with Crippen molar-refractivity contribution < 1.29 is 22.7 Å². The first kappa shape index (κ1) is 20.6. The van der Waals surface area contributed by atoms with Crippen molar-refractivity contribution in [2.75, 3.05) is 13.2 Å². The standard InChI is InChI=1S/C19H22N2O5S/c1-14-9-10-16(12-17(14)27(20,24)25)19(23)26-13-18(22)21-11-5-8-15-6-3-2-4-7-15/h2-4,6-7,9-10,12H,5,8,11,13H2,1H3,(H,21,22)(H2,20,24,25). The van der Waals surface area contributed by atoms with Crippen LogP contribution in [0.5, 0.6) is 0 Å². The van der Waals surface area contributed by atoms with E-state index in [1.807, 2.05) is 30.3 Å². The van der Waals surface area contributed by atoms with Crippen molar-refractivity contribution in [3.63, 3.8) is 0 Å². The number of ether oxygens (including phenoxy) is 1. The number of esters is 1. The van der Waals surface area contributed by atoms with Crippen molar-refractivity contribution >= 4 is 21.9 Å². The normalized spacial score (nSPS) is 11.0. The second-order valence-corrected chi connectivity index (χ2v) is 7.57. The Hall–Kier alpha value is -2.71. The molecule has 0 aromatic heterocycles. The molecular weight excluding hydrogens is 368 g/mol. The third-order valence-corrected chi connectivity index (χ3v) is 4.92. The Kier molecular flexibility index (Phi) is 7.09. The molecule has 0 saturated heterocycles. The second-order valence-electron chi connectivity index (χ2n) is 6.04. The summed E-state index contributed by atoms with van der Waals surface area (Å²) >= 11 is 0. The van der Waals surface area contributed by atoms with Crippen molar-refractivity contribution in [3.8, 4) is 0 Å². The summed E-state index contributed by atoms with van der Waals surface area (Å²) in [5.41, 5.74) is 1.62. The van der Waals surface area contributed by atoms with Gasteiger partial charge in [-0.05, 0) is 43.0 Å². The van der Waals surface area contributed by atoms with E-state index in [9.17, 15) is 18.0 Å². The minimum Gasteiger partial charge on any atom is -0.452 e. The van der Waals surface area contributed by atoms with E-state index in [-0.39, 0.29) is 10.5 Å². The molecule has 2 aromatic carbocycles. The molecule has 3 N–H and O–H groups in total. The SMILES string of the molecule is Cc1ccc(C(=O)OCC(=O)NCCCc2ccccc2)cc1S(N)(=O)=O. The number of benzene rings is 2. The fraction of sp³-hybridized carbons (Fsp3) is 0.263. The maximum Gasteiger partial charge on any atom is 0.338 e. The number of sulfonamides is 1. The zero-order chi connectivity index (χ0) is 19.9. The van der Waals surface area contributed by atoms with E-state index in [4.69, 9.17) is 9.88 Å². The third kappa shape index (κ3) is 6.50. The van der Waals surface area contributed by atoms with Gasteiger partial charge in [0.2, 0.25) is 10.0 Å². The summed E-state index contributed by atoms with van der Waals surface area (Å²) in [6, 6.07) is 13.9. The van der Waals surface area contributed by atoms with Gasteiger partial charge in [-0.1, -0.05) is 36.4 Å². The van der Waals surface area contributed by atoms with Crippen molar-refractivity contribution in [2.45, 2.75) is 24.7 Å². The number of rotatable bonds is 8. The van der Waals surface area contributed by atoms with Gasteiger partial charge in [0.1, 0.15) is 0 Å². The quantitative estimate of drug-likeness (QED) is 0.524. The van der Waals surface area contributed by atoms with Crippen LogP contribution in [0.3, 0.4) is 0 Å². The highest BCUT2D eigenvalue weighted by molar-refractivity contribution is 7.89. The molecule has 0 fully saturated rings. The van der Waals surface area contributed by atoms with E-state index in [1.54, 1.807) is 6.92 Å². The molecule has 8 heteroatoms. The fourth-order valence-electron chi connectivity index (χ4n) is 2.46. The van der Waals surface area contributed by atoms with Crippen LogP contribution < -0.4 is 10.5 Å². The van der Waals surface area contributed by atoms with Crippen LogP contribution in [0.1, 0.15) is 27.9 Å². The van der Waals surface area contributed by atoms with Crippen LogP contribution >= 0.6 is 0 Å². The van der Waals surface area contributed by atoms with Crippen LogP contribution in [0.2, 0.25) is 0 Å². The summed E-state index contributed by atoms with van der Waals surface area (Å²) in [5.74, 6) is -1.21. The molecule has 1 amide bonds. The van der Waals surface area contributed by atoms with Gasteiger partial charge in [0, 0.05) is 6.54 Å². The summed E-state index contributed by atoms with van der Waals surface area (Å²) in [5, 5.41) is 7.79. The maximum atomic E-state index is 12.0. The lowest BCUT2D eigenvalue weighted by Crippen LogP contribution is -2.29. The molecule has 0 radical (unpaired) electrons. The van der Waals surface area contributed by atoms with Gasteiger partial charge in [-0.3, -0.25) is 4.79 Å². The Morgan fingerprint density at radius 2 is 1.81 bits per heavy atom. The van der Waals surface area contributed by atoms with Crippen LogP contribution in [0.25, 0.3) is 0 Å². The number of carbonyl (C=O) groups excluding carboxylic acids is 2. The van der Waals surface area contributed by atoms with Crippen molar-refractivity contribution in [1.29, 1.82) is 0 Å². The minimum atomic E-state index is -3.95. The number of nitrogens with one attached hydrogen (secondary N) is 1. The smallest absolute Gasteiger partial charge is 0.338 e. The number of carbonyl (C=O) groups is 2. The van der Waals surface area contributed by atoms with Gasteiger partial charge in [-0.15, -0.1) is 0 Å². The average Bonchev–Trinajstić information content (AvgIpc) is 2.63. The lowest BCUT2D eigenvalue weighted by molar-refractivity contribution is -0.124. The Balaban J connectivity index is 1.79. The second kappa shape index (κ2) is 9.29. The summed E-state index contributed by atoms with van der Waals surface area (Å²) in [6.45, 7) is 1.59. The van der Waals surface area contributed by atoms with E-state index in [2.05, 4.69) is 5.32 Å². The summed E-state index contributed by atoms with van der Waals surface area (Å²) in [6.07, 6.45) is 1.60. The van der Waals surface area contributed by atoms with Crippen molar-refractivity contribution in [1.82, 2.24) is 5.32 Å². The van der Waals surface area contributed by atoms with Gasteiger partial charge >= 0.3 is 5.97 Å². The van der Waals surface area contributed by atoms with Crippen LogP contribution in [0, 0.1) is 6.92 Å². The van der Waals surface area contributed by atoms with E-state index in [1.165, 1.54) is 17.7 Å². The fourth-order valence-corrected chi connectivity index (χ4v) is 3.27. The molecule has 144 valence electrons. The molecule has 0 aliphatic carbocycles. The van der Waals surface area contributed by atoms with Gasteiger partial charge in [-0.2, -0.15) is 0 Å². The Labute approximate surface area is 158 Å². The number of amides is 1. The molecule has 2 aromatic rings. The number of hydrogen-bond donors (Lipinski definition) is 2.